The molecule has 0 radical (unpaired) electrons. The minimum absolute atomic E-state index is 0.113. The molecule has 2 aromatic carbocycles. The fraction of sp³-hybridized carbons (Fsp3) is 0.286. The van der Waals surface area contributed by atoms with E-state index in [-0.39, 0.29) is 13.0 Å². The monoisotopic (exact) mass is 452 g/mol. The highest BCUT2D eigenvalue weighted by Crippen LogP contribution is 2.26. The predicted octanol–water partition coefficient (Wildman–Crippen LogP) is 4.05. The lowest BCUT2D eigenvalue weighted by Gasteiger charge is -2.18. The van der Waals surface area contributed by atoms with Crippen molar-refractivity contribution in [2.45, 2.75) is 31.8 Å². The Labute approximate surface area is 182 Å². The number of halogens is 2. The summed E-state index contributed by atoms with van der Waals surface area (Å²) in [5.41, 5.74) is 0.607. The van der Waals surface area contributed by atoms with Crippen LogP contribution in [0, 0.1) is 0 Å². The van der Waals surface area contributed by atoms with Crippen LogP contribution in [-0.2, 0) is 23.7 Å². The van der Waals surface area contributed by atoms with E-state index in [1.54, 1.807) is 24.3 Å². The van der Waals surface area contributed by atoms with Crippen molar-refractivity contribution in [3.63, 3.8) is 0 Å². The molecule has 3 atom stereocenters. The summed E-state index contributed by atoms with van der Waals surface area (Å²) in [6, 6.07) is 12.4. The second-order valence-electron chi connectivity index (χ2n) is 6.51. The van der Waals surface area contributed by atoms with Gasteiger partial charge in [-0.2, -0.15) is 0 Å². The fourth-order valence-electron chi connectivity index (χ4n) is 2.83. The Morgan fingerprint density at radius 3 is 1.97 bits per heavy atom. The zero-order valence-corrected chi connectivity index (χ0v) is 17.4. The Morgan fingerprint density at radius 2 is 1.43 bits per heavy atom. The van der Waals surface area contributed by atoms with Gasteiger partial charge in [0.2, 0.25) is 6.29 Å². The molecular weight excluding hydrogens is 435 g/mol. The maximum Gasteiger partial charge on any atom is 0.338 e. The molecule has 1 aliphatic heterocycles. The summed E-state index contributed by atoms with van der Waals surface area (Å²) >= 11 is 11.6. The Morgan fingerprint density at radius 1 is 0.900 bits per heavy atom. The Bertz CT molecular complexity index is 912. The van der Waals surface area contributed by atoms with Gasteiger partial charge < -0.3 is 18.9 Å². The van der Waals surface area contributed by atoms with E-state index in [1.807, 2.05) is 0 Å². The molecule has 0 aromatic heterocycles. The largest absolute Gasteiger partial charge is 0.459 e. The van der Waals surface area contributed by atoms with Gasteiger partial charge in [0.05, 0.1) is 17.5 Å². The second kappa shape index (κ2) is 9.93. The first kappa shape index (κ1) is 22.1. The van der Waals surface area contributed by atoms with Gasteiger partial charge in [-0.3, -0.25) is 4.79 Å². The van der Waals surface area contributed by atoms with E-state index in [2.05, 4.69) is 0 Å². The quantitative estimate of drug-likeness (QED) is 0.482. The number of esters is 3. The third-order valence-corrected chi connectivity index (χ3v) is 4.76. The molecule has 0 amide bonds. The van der Waals surface area contributed by atoms with E-state index in [0.29, 0.717) is 21.2 Å². The van der Waals surface area contributed by atoms with Gasteiger partial charge in [-0.15, -0.1) is 0 Å². The molecule has 0 saturated carbocycles. The van der Waals surface area contributed by atoms with Crippen LogP contribution in [0.1, 0.15) is 34.1 Å². The van der Waals surface area contributed by atoms with Gasteiger partial charge in [0.25, 0.3) is 0 Å². The topological polar surface area (TPSA) is 88.1 Å². The van der Waals surface area contributed by atoms with E-state index in [1.165, 1.54) is 31.2 Å². The molecule has 0 bridgehead atoms. The molecule has 9 heteroatoms. The lowest BCUT2D eigenvalue weighted by Crippen LogP contribution is -2.32. The van der Waals surface area contributed by atoms with Crippen LogP contribution in [0.25, 0.3) is 0 Å². The van der Waals surface area contributed by atoms with Crippen LogP contribution in [0.3, 0.4) is 0 Å². The van der Waals surface area contributed by atoms with Crippen LogP contribution < -0.4 is 0 Å². The van der Waals surface area contributed by atoms with Crippen molar-refractivity contribution in [2.24, 2.45) is 0 Å². The van der Waals surface area contributed by atoms with Crippen molar-refractivity contribution in [3.8, 4) is 0 Å². The Balaban J connectivity index is 1.65. The van der Waals surface area contributed by atoms with Crippen molar-refractivity contribution in [1.29, 1.82) is 0 Å². The van der Waals surface area contributed by atoms with Crippen LogP contribution in [0.15, 0.2) is 48.5 Å². The van der Waals surface area contributed by atoms with Crippen LogP contribution in [0.5, 0.6) is 0 Å². The lowest BCUT2D eigenvalue weighted by molar-refractivity contribution is -0.175. The summed E-state index contributed by atoms with van der Waals surface area (Å²) in [7, 11) is 0. The van der Waals surface area contributed by atoms with Gasteiger partial charge in [-0.1, -0.05) is 23.2 Å². The summed E-state index contributed by atoms with van der Waals surface area (Å²) in [4.78, 5) is 35.9. The van der Waals surface area contributed by atoms with E-state index in [4.69, 9.17) is 42.1 Å². The molecule has 7 nitrogen and oxygen atoms in total. The molecule has 2 aromatic rings. The highest BCUT2D eigenvalue weighted by atomic mass is 35.5. The first-order valence-electron chi connectivity index (χ1n) is 9.04. The number of hydrogen-bond acceptors (Lipinski definition) is 7. The molecule has 1 aliphatic rings. The molecule has 1 saturated heterocycles. The average molecular weight is 453 g/mol. The van der Waals surface area contributed by atoms with Crippen LogP contribution >= 0.6 is 23.2 Å². The van der Waals surface area contributed by atoms with E-state index >= 15 is 0 Å². The standard InChI is InChI=1S/C21H18Cl2O7/c1-12(24)28-19-10-17(30-21(26)14-4-8-16(23)9-5-14)18(29-19)11-27-20(25)13-2-6-15(22)7-3-13/h2-9,17-19H,10-11H2,1H3/t17-,18+,19-/m0/s1. The minimum Gasteiger partial charge on any atom is -0.459 e. The maximum absolute atomic E-state index is 12.4. The highest BCUT2D eigenvalue weighted by molar-refractivity contribution is 6.30. The van der Waals surface area contributed by atoms with Gasteiger partial charge in [-0.25, -0.2) is 9.59 Å². The van der Waals surface area contributed by atoms with Gasteiger partial charge in [0, 0.05) is 17.0 Å². The first-order chi connectivity index (χ1) is 14.3. The number of hydrogen-bond donors (Lipinski definition) is 0. The van der Waals surface area contributed by atoms with Crippen molar-refractivity contribution >= 4 is 41.1 Å². The lowest BCUT2D eigenvalue weighted by atomic mass is 10.1. The van der Waals surface area contributed by atoms with Gasteiger partial charge in [0.1, 0.15) is 18.8 Å². The van der Waals surface area contributed by atoms with E-state index < -0.39 is 36.4 Å². The number of ether oxygens (including phenoxy) is 4. The van der Waals surface area contributed by atoms with Crippen molar-refractivity contribution in [1.82, 2.24) is 0 Å². The molecule has 0 unspecified atom stereocenters. The minimum atomic E-state index is -0.912. The SMILES string of the molecule is CC(=O)O[C@@H]1C[C@H](OC(=O)c2ccc(Cl)cc2)[C@@H](COC(=O)c2ccc(Cl)cc2)O1. The summed E-state index contributed by atoms with van der Waals surface area (Å²) < 4.78 is 21.5. The van der Waals surface area contributed by atoms with Crippen LogP contribution in [0.2, 0.25) is 10.0 Å². The maximum atomic E-state index is 12.4. The first-order valence-corrected chi connectivity index (χ1v) is 9.79. The average Bonchev–Trinajstić information content (AvgIpc) is 3.07. The summed E-state index contributed by atoms with van der Waals surface area (Å²) in [5.74, 6) is -1.73. The molecule has 0 N–H and O–H groups in total. The van der Waals surface area contributed by atoms with Gasteiger partial charge in [-0.05, 0) is 48.5 Å². The van der Waals surface area contributed by atoms with Crippen molar-refractivity contribution in [2.75, 3.05) is 6.61 Å². The number of carbonyl (C=O) groups is 3. The molecule has 0 aliphatic carbocycles. The third kappa shape index (κ3) is 5.95. The Kier molecular flexibility index (Phi) is 7.31. The smallest absolute Gasteiger partial charge is 0.338 e. The zero-order chi connectivity index (χ0) is 21.7. The Hall–Kier alpha value is -2.61. The molecule has 1 fully saturated rings. The summed E-state index contributed by atoms with van der Waals surface area (Å²) in [6.07, 6.45) is -2.38. The fourth-order valence-corrected chi connectivity index (χ4v) is 3.08. The van der Waals surface area contributed by atoms with Crippen molar-refractivity contribution < 1.29 is 33.3 Å². The third-order valence-electron chi connectivity index (χ3n) is 4.26. The molecule has 30 heavy (non-hydrogen) atoms. The molecule has 3 rings (SSSR count). The van der Waals surface area contributed by atoms with Gasteiger partial charge >= 0.3 is 17.9 Å². The number of rotatable bonds is 6. The number of benzene rings is 2. The molecule has 158 valence electrons. The van der Waals surface area contributed by atoms with E-state index in [9.17, 15) is 14.4 Å². The summed E-state index contributed by atoms with van der Waals surface area (Å²) in [6.45, 7) is 1.05. The normalized spacial score (nSPS) is 20.4. The van der Waals surface area contributed by atoms with Crippen LogP contribution in [0.4, 0.5) is 0 Å². The van der Waals surface area contributed by atoms with Gasteiger partial charge in [0.15, 0.2) is 0 Å². The highest BCUT2D eigenvalue weighted by Gasteiger charge is 2.40. The molecular formula is C21H18Cl2O7. The predicted molar refractivity (Wildman–Crippen MR) is 107 cm³/mol. The summed E-state index contributed by atoms with van der Waals surface area (Å²) in [5, 5.41) is 0.974. The van der Waals surface area contributed by atoms with E-state index in [0.717, 1.165) is 0 Å². The molecule has 1 heterocycles. The van der Waals surface area contributed by atoms with Crippen molar-refractivity contribution in [3.05, 3.63) is 69.7 Å². The molecule has 0 spiro atoms. The van der Waals surface area contributed by atoms with Crippen LogP contribution in [-0.4, -0.2) is 43.0 Å². The number of carbonyl (C=O) groups excluding carboxylic acids is 3. The zero-order valence-electron chi connectivity index (χ0n) is 15.9. The second-order valence-corrected chi connectivity index (χ2v) is 7.38.